The Hall–Kier alpha value is -2.34. The molecular formula is C19H21NO4S. The van der Waals surface area contributed by atoms with Crippen molar-refractivity contribution in [1.82, 2.24) is 5.32 Å². The molecule has 0 radical (unpaired) electrons. The van der Waals surface area contributed by atoms with Crippen LogP contribution in [-0.4, -0.2) is 33.0 Å². The molecule has 3 rings (SSSR count). The summed E-state index contributed by atoms with van der Waals surface area (Å²) in [6.07, 6.45) is 0.892. The van der Waals surface area contributed by atoms with Gasteiger partial charge in [-0.1, -0.05) is 18.2 Å². The molecule has 1 amide bonds. The SMILES string of the molecule is COc1cc(OC)c(C(=O)NC2CCSc3ccccc32)cc1OC. The van der Waals surface area contributed by atoms with E-state index >= 15 is 0 Å². The van der Waals surface area contributed by atoms with Gasteiger partial charge < -0.3 is 19.5 Å². The third-order valence-electron chi connectivity index (χ3n) is 4.21. The van der Waals surface area contributed by atoms with Crippen LogP contribution >= 0.6 is 11.8 Å². The summed E-state index contributed by atoms with van der Waals surface area (Å²) >= 11 is 1.82. The van der Waals surface area contributed by atoms with Crippen LogP contribution in [0.1, 0.15) is 28.4 Å². The fraction of sp³-hybridized carbons (Fsp3) is 0.316. The lowest BCUT2D eigenvalue weighted by molar-refractivity contribution is 0.0931. The Morgan fingerprint density at radius 1 is 1.04 bits per heavy atom. The van der Waals surface area contributed by atoms with E-state index in [9.17, 15) is 4.79 Å². The van der Waals surface area contributed by atoms with Crippen molar-refractivity contribution in [3.05, 3.63) is 47.5 Å². The summed E-state index contributed by atoms with van der Waals surface area (Å²) in [5.41, 5.74) is 1.59. The highest BCUT2D eigenvalue weighted by molar-refractivity contribution is 7.99. The van der Waals surface area contributed by atoms with Crippen molar-refractivity contribution in [2.45, 2.75) is 17.4 Å². The molecule has 1 atom stereocenters. The molecule has 0 saturated heterocycles. The summed E-state index contributed by atoms with van der Waals surface area (Å²) in [5, 5.41) is 3.13. The standard InChI is InChI=1S/C19H21NO4S/c1-22-15-11-17(24-3)16(23-2)10-13(15)19(21)20-14-8-9-25-18-7-5-4-6-12(14)18/h4-7,10-11,14H,8-9H2,1-3H3,(H,20,21). The molecule has 1 aliphatic rings. The van der Waals surface area contributed by atoms with Crippen molar-refractivity contribution in [3.63, 3.8) is 0 Å². The summed E-state index contributed by atoms with van der Waals surface area (Å²) in [4.78, 5) is 14.1. The minimum Gasteiger partial charge on any atom is -0.496 e. The zero-order valence-corrected chi connectivity index (χ0v) is 15.3. The van der Waals surface area contributed by atoms with E-state index in [0.717, 1.165) is 17.7 Å². The van der Waals surface area contributed by atoms with E-state index in [0.29, 0.717) is 22.8 Å². The minimum atomic E-state index is -0.190. The predicted octanol–water partition coefficient (Wildman–Crippen LogP) is 3.68. The number of fused-ring (bicyclic) bond motifs is 1. The summed E-state index contributed by atoms with van der Waals surface area (Å²) in [6.45, 7) is 0. The van der Waals surface area contributed by atoms with E-state index in [2.05, 4.69) is 17.4 Å². The van der Waals surface area contributed by atoms with Crippen LogP contribution in [-0.2, 0) is 0 Å². The number of thioether (sulfide) groups is 1. The van der Waals surface area contributed by atoms with Crippen LogP contribution in [0.15, 0.2) is 41.3 Å². The number of carbonyl (C=O) groups excluding carboxylic acids is 1. The number of hydrogen-bond acceptors (Lipinski definition) is 5. The van der Waals surface area contributed by atoms with Crippen molar-refractivity contribution in [2.24, 2.45) is 0 Å². The number of rotatable bonds is 5. The van der Waals surface area contributed by atoms with Crippen LogP contribution in [0, 0.1) is 0 Å². The van der Waals surface area contributed by atoms with E-state index in [-0.39, 0.29) is 11.9 Å². The molecule has 0 saturated carbocycles. The van der Waals surface area contributed by atoms with Crippen molar-refractivity contribution in [2.75, 3.05) is 27.1 Å². The summed E-state index contributed by atoms with van der Waals surface area (Å²) in [6, 6.07) is 11.5. The van der Waals surface area contributed by atoms with Crippen LogP contribution in [0.4, 0.5) is 0 Å². The van der Waals surface area contributed by atoms with Gasteiger partial charge in [0.2, 0.25) is 0 Å². The van der Waals surface area contributed by atoms with Gasteiger partial charge in [-0.15, -0.1) is 11.8 Å². The Morgan fingerprint density at radius 2 is 1.72 bits per heavy atom. The first kappa shape index (κ1) is 17.5. The molecular weight excluding hydrogens is 338 g/mol. The summed E-state index contributed by atoms with van der Waals surface area (Å²) in [7, 11) is 4.62. The maximum absolute atomic E-state index is 12.9. The van der Waals surface area contributed by atoms with Gasteiger partial charge in [-0.3, -0.25) is 4.79 Å². The van der Waals surface area contributed by atoms with Gasteiger partial charge in [-0.2, -0.15) is 0 Å². The second-order valence-electron chi connectivity index (χ2n) is 5.61. The number of methoxy groups -OCH3 is 3. The Kier molecular flexibility index (Phi) is 5.38. The Balaban J connectivity index is 1.89. The fourth-order valence-electron chi connectivity index (χ4n) is 2.93. The Morgan fingerprint density at radius 3 is 2.44 bits per heavy atom. The zero-order chi connectivity index (χ0) is 17.8. The largest absolute Gasteiger partial charge is 0.496 e. The van der Waals surface area contributed by atoms with Crippen molar-refractivity contribution in [3.8, 4) is 17.2 Å². The van der Waals surface area contributed by atoms with Crippen molar-refractivity contribution < 1.29 is 19.0 Å². The molecule has 0 aliphatic carbocycles. The zero-order valence-electron chi connectivity index (χ0n) is 14.5. The maximum atomic E-state index is 12.9. The molecule has 1 heterocycles. The third-order valence-corrected chi connectivity index (χ3v) is 5.34. The second kappa shape index (κ2) is 7.70. The molecule has 2 aromatic rings. The topological polar surface area (TPSA) is 56.8 Å². The highest BCUT2D eigenvalue weighted by atomic mass is 32.2. The number of carbonyl (C=O) groups is 1. The van der Waals surface area contributed by atoms with E-state index in [1.807, 2.05) is 23.9 Å². The quantitative estimate of drug-likeness (QED) is 0.883. The molecule has 1 N–H and O–H groups in total. The number of ether oxygens (including phenoxy) is 3. The van der Waals surface area contributed by atoms with Gasteiger partial charge >= 0.3 is 0 Å². The van der Waals surface area contributed by atoms with Gasteiger partial charge in [0, 0.05) is 22.8 Å². The molecule has 2 aromatic carbocycles. The molecule has 1 aliphatic heterocycles. The van der Waals surface area contributed by atoms with Crippen LogP contribution in [0.25, 0.3) is 0 Å². The number of benzene rings is 2. The highest BCUT2D eigenvalue weighted by Crippen LogP contribution is 2.37. The first-order valence-electron chi connectivity index (χ1n) is 8.00. The third kappa shape index (κ3) is 3.54. The molecule has 6 heteroatoms. The lowest BCUT2D eigenvalue weighted by atomic mass is 10.0. The number of hydrogen-bond donors (Lipinski definition) is 1. The molecule has 0 spiro atoms. The average Bonchev–Trinajstić information content (AvgIpc) is 2.67. The summed E-state index contributed by atoms with van der Waals surface area (Å²) < 4.78 is 15.9. The van der Waals surface area contributed by atoms with Crippen LogP contribution in [0.2, 0.25) is 0 Å². The fourth-order valence-corrected chi connectivity index (χ4v) is 4.06. The molecule has 132 valence electrons. The molecule has 25 heavy (non-hydrogen) atoms. The van der Waals surface area contributed by atoms with Gasteiger partial charge in [-0.25, -0.2) is 0 Å². The van der Waals surface area contributed by atoms with Crippen molar-refractivity contribution in [1.29, 1.82) is 0 Å². The number of nitrogens with one attached hydrogen (secondary N) is 1. The van der Waals surface area contributed by atoms with Gasteiger partial charge in [0.15, 0.2) is 11.5 Å². The lowest BCUT2D eigenvalue weighted by Crippen LogP contribution is -2.31. The maximum Gasteiger partial charge on any atom is 0.255 e. The minimum absolute atomic E-state index is 0.0113. The van der Waals surface area contributed by atoms with Gasteiger partial charge in [0.05, 0.1) is 32.9 Å². The Bertz CT molecular complexity index is 778. The van der Waals surface area contributed by atoms with Crippen LogP contribution in [0.3, 0.4) is 0 Å². The first-order chi connectivity index (χ1) is 12.2. The van der Waals surface area contributed by atoms with E-state index < -0.39 is 0 Å². The molecule has 5 nitrogen and oxygen atoms in total. The van der Waals surface area contributed by atoms with Gasteiger partial charge in [0.25, 0.3) is 5.91 Å². The average molecular weight is 359 g/mol. The normalized spacial score (nSPS) is 15.9. The van der Waals surface area contributed by atoms with E-state index in [1.54, 1.807) is 26.4 Å². The van der Waals surface area contributed by atoms with Gasteiger partial charge in [-0.05, 0) is 18.1 Å². The molecule has 1 unspecified atom stereocenters. The molecule has 0 aromatic heterocycles. The van der Waals surface area contributed by atoms with Gasteiger partial charge in [0.1, 0.15) is 5.75 Å². The molecule has 0 fully saturated rings. The molecule has 0 bridgehead atoms. The van der Waals surface area contributed by atoms with E-state index in [4.69, 9.17) is 14.2 Å². The van der Waals surface area contributed by atoms with E-state index in [1.165, 1.54) is 12.0 Å². The van der Waals surface area contributed by atoms with Crippen LogP contribution < -0.4 is 19.5 Å². The number of amides is 1. The summed E-state index contributed by atoms with van der Waals surface area (Å²) in [5.74, 6) is 2.26. The van der Waals surface area contributed by atoms with Crippen LogP contribution in [0.5, 0.6) is 17.2 Å². The highest BCUT2D eigenvalue weighted by Gasteiger charge is 2.24. The Labute approximate surface area is 151 Å². The second-order valence-corrected chi connectivity index (χ2v) is 6.75. The smallest absolute Gasteiger partial charge is 0.255 e. The predicted molar refractivity (Wildman–Crippen MR) is 98.1 cm³/mol. The lowest BCUT2D eigenvalue weighted by Gasteiger charge is -2.26. The first-order valence-corrected chi connectivity index (χ1v) is 8.99. The van der Waals surface area contributed by atoms with Crippen molar-refractivity contribution >= 4 is 17.7 Å². The monoisotopic (exact) mass is 359 g/mol.